The number of carbonyl (C=O) groups excluding carboxylic acids is 1. The lowest BCUT2D eigenvalue weighted by Crippen LogP contribution is -2.25. The normalized spacial score (nSPS) is 17.2. The van der Waals surface area contributed by atoms with E-state index in [1.54, 1.807) is 12.1 Å². The van der Waals surface area contributed by atoms with Gasteiger partial charge in [0.05, 0.1) is 12.1 Å². The molecule has 1 aromatic heterocycles. The molecule has 1 unspecified atom stereocenters. The van der Waals surface area contributed by atoms with E-state index in [-0.39, 0.29) is 21.1 Å². The van der Waals surface area contributed by atoms with Gasteiger partial charge in [-0.25, -0.2) is 14.2 Å². The molecule has 3 rings (SSSR count). The minimum Gasteiger partial charge on any atom is -0.465 e. The molecule has 1 aliphatic heterocycles. The van der Waals surface area contributed by atoms with E-state index >= 15 is 0 Å². The zero-order chi connectivity index (χ0) is 17.3. The van der Waals surface area contributed by atoms with E-state index in [9.17, 15) is 9.18 Å². The first-order valence-electron chi connectivity index (χ1n) is 7.19. The maximum absolute atomic E-state index is 13.3. The summed E-state index contributed by atoms with van der Waals surface area (Å²) in [5.74, 6) is -0.929. The molecule has 5 nitrogen and oxygen atoms in total. The van der Waals surface area contributed by atoms with Crippen LogP contribution in [0, 0.1) is 5.82 Å². The number of benzene rings is 1. The molecule has 9 heteroatoms. The summed E-state index contributed by atoms with van der Waals surface area (Å²) in [5.41, 5.74) is 0.873. The number of hydrogen-bond acceptors (Lipinski definition) is 6. The van der Waals surface area contributed by atoms with Gasteiger partial charge in [0.1, 0.15) is 5.82 Å². The number of carbonyl (C=O) groups is 1. The highest BCUT2D eigenvalue weighted by Crippen LogP contribution is 2.30. The summed E-state index contributed by atoms with van der Waals surface area (Å²) in [7, 11) is 1.30. The summed E-state index contributed by atoms with van der Waals surface area (Å²) in [5, 5.41) is 4.09. The van der Waals surface area contributed by atoms with E-state index < -0.39 is 11.8 Å². The molecule has 2 heterocycles. The summed E-state index contributed by atoms with van der Waals surface area (Å²) in [6.45, 7) is 1.52. The Hall–Kier alpha value is -1.57. The van der Waals surface area contributed by atoms with Crippen molar-refractivity contribution in [3.05, 3.63) is 39.1 Å². The molecule has 1 fully saturated rings. The highest BCUT2D eigenvalue weighted by Gasteiger charge is 2.25. The maximum Gasteiger partial charge on any atom is 0.351 e. The van der Waals surface area contributed by atoms with Crippen LogP contribution in [-0.4, -0.2) is 37.2 Å². The second kappa shape index (κ2) is 7.13. The third-order valence-corrected chi connectivity index (χ3v) is 5.38. The van der Waals surface area contributed by atoms with Crippen LogP contribution in [0.4, 0.5) is 15.2 Å². The monoisotopic (exact) mass is 389 g/mol. The average Bonchev–Trinajstić information content (AvgIpc) is 3.16. The fourth-order valence-electron chi connectivity index (χ4n) is 2.55. The van der Waals surface area contributed by atoms with Gasteiger partial charge in [-0.15, -0.1) is 0 Å². The van der Waals surface area contributed by atoms with Crippen molar-refractivity contribution in [2.75, 3.05) is 30.4 Å². The van der Waals surface area contributed by atoms with Crippen molar-refractivity contribution < 1.29 is 13.9 Å². The first kappa shape index (κ1) is 17.3. The third-order valence-electron chi connectivity index (χ3n) is 3.74. The van der Waals surface area contributed by atoms with Crippen molar-refractivity contribution in [3.63, 3.8) is 0 Å². The summed E-state index contributed by atoms with van der Waals surface area (Å²) in [4.78, 5) is 18.1. The lowest BCUT2D eigenvalue weighted by molar-refractivity contribution is 0.0606. The third kappa shape index (κ3) is 3.58. The summed E-state index contributed by atoms with van der Waals surface area (Å²) in [6, 6.07) is 4.83. The van der Waals surface area contributed by atoms with Crippen LogP contribution in [0.3, 0.4) is 0 Å². The smallest absolute Gasteiger partial charge is 0.351 e. The number of methoxy groups -OCH3 is 1. The van der Waals surface area contributed by atoms with Crippen molar-refractivity contribution >= 4 is 51.3 Å². The molecule has 0 amide bonds. The molecule has 128 valence electrons. The zero-order valence-electron chi connectivity index (χ0n) is 12.7. The van der Waals surface area contributed by atoms with E-state index in [4.69, 9.17) is 23.2 Å². The number of esters is 1. The zero-order valence-corrected chi connectivity index (χ0v) is 15.0. The Balaban J connectivity index is 1.66. The summed E-state index contributed by atoms with van der Waals surface area (Å²) >= 11 is 13.0. The topological polar surface area (TPSA) is 54.5 Å². The van der Waals surface area contributed by atoms with Crippen LogP contribution in [0.5, 0.6) is 0 Å². The molecule has 24 heavy (non-hydrogen) atoms. The molecule has 0 radical (unpaired) electrons. The molecule has 2 aromatic rings. The van der Waals surface area contributed by atoms with Crippen LogP contribution in [0.25, 0.3) is 0 Å². The van der Waals surface area contributed by atoms with E-state index in [2.05, 4.69) is 19.9 Å². The number of halogens is 3. The lowest BCUT2D eigenvalue weighted by atomic mass is 10.3. The van der Waals surface area contributed by atoms with Crippen LogP contribution < -0.4 is 10.2 Å². The Kier molecular flexibility index (Phi) is 5.12. The SMILES string of the molecule is COC(=O)c1sc(NC2CCN(c3ccc(F)c(Cl)c3)C2)nc1Cl. The van der Waals surface area contributed by atoms with Crippen molar-refractivity contribution in [1.82, 2.24) is 4.98 Å². The van der Waals surface area contributed by atoms with Gasteiger partial charge < -0.3 is 15.0 Å². The van der Waals surface area contributed by atoms with Gasteiger partial charge in [-0.05, 0) is 24.6 Å². The molecule has 0 aliphatic carbocycles. The molecular weight excluding hydrogens is 376 g/mol. The van der Waals surface area contributed by atoms with Crippen molar-refractivity contribution in [2.45, 2.75) is 12.5 Å². The Bertz CT molecular complexity index is 771. The average molecular weight is 390 g/mol. The predicted molar refractivity (Wildman–Crippen MR) is 94.1 cm³/mol. The number of thiazole rings is 1. The molecular formula is C15H14Cl2FN3O2S. The number of hydrogen-bond donors (Lipinski definition) is 1. The number of anilines is 2. The fraction of sp³-hybridized carbons (Fsp3) is 0.333. The van der Waals surface area contributed by atoms with Crippen molar-refractivity contribution in [2.24, 2.45) is 0 Å². The predicted octanol–water partition coefficient (Wildman–Crippen LogP) is 4.07. The largest absolute Gasteiger partial charge is 0.465 e. The lowest BCUT2D eigenvalue weighted by Gasteiger charge is -2.19. The Morgan fingerprint density at radius 2 is 2.29 bits per heavy atom. The first-order chi connectivity index (χ1) is 11.5. The molecule has 0 saturated carbocycles. The first-order valence-corrected chi connectivity index (χ1v) is 8.76. The highest BCUT2D eigenvalue weighted by atomic mass is 35.5. The number of ether oxygens (including phenoxy) is 1. The van der Waals surface area contributed by atoms with Gasteiger partial charge in [-0.2, -0.15) is 0 Å². The fourth-order valence-corrected chi connectivity index (χ4v) is 3.91. The number of nitrogens with zero attached hydrogens (tertiary/aromatic N) is 2. The summed E-state index contributed by atoms with van der Waals surface area (Å²) < 4.78 is 17.9. The molecule has 0 spiro atoms. The minimum absolute atomic E-state index is 0.110. The second-order valence-electron chi connectivity index (χ2n) is 5.30. The van der Waals surface area contributed by atoms with Crippen LogP contribution in [0.1, 0.15) is 16.1 Å². The molecule has 0 bridgehead atoms. The molecule has 1 N–H and O–H groups in total. The Morgan fingerprint density at radius 3 is 3.00 bits per heavy atom. The van der Waals surface area contributed by atoms with Gasteiger partial charge in [0.15, 0.2) is 15.2 Å². The van der Waals surface area contributed by atoms with Gasteiger partial charge in [0.2, 0.25) is 0 Å². The minimum atomic E-state index is -0.500. The quantitative estimate of drug-likeness (QED) is 0.798. The number of nitrogens with one attached hydrogen (secondary N) is 1. The van der Waals surface area contributed by atoms with Gasteiger partial charge in [-0.3, -0.25) is 0 Å². The molecule has 1 aromatic carbocycles. The van der Waals surface area contributed by atoms with Gasteiger partial charge in [0, 0.05) is 24.8 Å². The number of rotatable bonds is 4. The van der Waals surface area contributed by atoms with Crippen LogP contribution >= 0.6 is 34.5 Å². The number of aromatic nitrogens is 1. The van der Waals surface area contributed by atoms with Crippen molar-refractivity contribution in [1.29, 1.82) is 0 Å². The molecule has 1 atom stereocenters. The van der Waals surface area contributed by atoms with Gasteiger partial charge in [0.25, 0.3) is 0 Å². The van der Waals surface area contributed by atoms with E-state index in [0.29, 0.717) is 11.7 Å². The van der Waals surface area contributed by atoms with Crippen molar-refractivity contribution in [3.8, 4) is 0 Å². The van der Waals surface area contributed by atoms with E-state index in [0.717, 1.165) is 30.0 Å². The Morgan fingerprint density at radius 1 is 1.50 bits per heavy atom. The molecule has 1 saturated heterocycles. The van der Waals surface area contributed by atoms with Crippen LogP contribution in [0.15, 0.2) is 18.2 Å². The van der Waals surface area contributed by atoms with Crippen LogP contribution in [-0.2, 0) is 4.74 Å². The van der Waals surface area contributed by atoms with Gasteiger partial charge in [-0.1, -0.05) is 34.5 Å². The maximum atomic E-state index is 13.3. The van der Waals surface area contributed by atoms with Crippen LogP contribution in [0.2, 0.25) is 10.2 Å². The second-order valence-corrected chi connectivity index (χ2v) is 7.07. The van der Waals surface area contributed by atoms with E-state index in [1.165, 1.54) is 13.2 Å². The van der Waals surface area contributed by atoms with Gasteiger partial charge >= 0.3 is 5.97 Å². The highest BCUT2D eigenvalue weighted by molar-refractivity contribution is 7.18. The Labute approximate surface area is 152 Å². The summed E-state index contributed by atoms with van der Waals surface area (Å²) in [6.07, 6.45) is 0.875. The molecule has 1 aliphatic rings. The van der Waals surface area contributed by atoms with E-state index in [1.807, 2.05) is 0 Å². The standard InChI is InChI=1S/C15H14Cl2FN3O2S/c1-23-14(22)12-13(17)20-15(24-12)19-8-4-5-21(7-8)9-2-3-11(18)10(16)6-9/h2-3,6,8H,4-5,7H2,1H3,(H,19,20).